The summed E-state index contributed by atoms with van der Waals surface area (Å²) in [4.78, 5) is 34.7. The molecule has 0 saturated carbocycles. The molecule has 3 unspecified atom stereocenters. The van der Waals surface area contributed by atoms with Gasteiger partial charge in [0.25, 0.3) is 5.91 Å². The summed E-state index contributed by atoms with van der Waals surface area (Å²) in [6, 6.07) is 6.93. The van der Waals surface area contributed by atoms with E-state index in [1.807, 2.05) is 25.1 Å². The molecule has 2 aliphatic rings. The van der Waals surface area contributed by atoms with Gasteiger partial charge in [0.2, 0.25) is 0 Å². The van der Waals surface area contributed by atoms with Crippen molar-refractivity contribution in [2.45, 2.75) is 104 Å². The van der Waals surface area contributed by atoms with Crippen LogP contribution in [0.3, 0.4) is 0 Å². The highest BCUT2D eigenvalue weighted by Gasteiger charge is 2.36. The summed E-state index contributed by atoms with van der Waals surface area (Å²) >= 11 is 0. The van der Waals surface area contributed by atoms with Crippen LogP contribution in [0.4, 0.5) is 10.8 Å². The Labute approximate surface area is 261 Å². The predicted molar refractivity (Wildman–Crippen MR) is 166 cm³/mol. The van der Waals surface area contributed by atoms with E-state index in [0.717, 1.165) is 50.2 Å². The molecule has 1 N–H and O–H groups in total. The van der Waals surface area contributed by atoms with Crippen LogP contribution < -0.4 is 15.0 Å². The number of likely N-dealkylation sites (tertiary alicyclic amines) is 1. The molecule has 3 heterocycles. The van der Waals surface area contributed by atoms with Gasteiger partial charge in [-0.3, -0.25) is 4.79 Å². The highest BCUT2D eigenvalue weighted by Crippen LogP contribution is 2.31. The minimum absolute atomic E-state index is 0.245. The van der Waals surface area contributed by atoms with Crippen LogP contribution in [0.25, 0.3) is 0 Å². The molecule has 1 aromatic carbocycles. The monoisotopic (exact) mass is 608 g/mol. The maximum absolute atomic E-state index is 13.6. The van der Waals surface area contributed by atoms with E-state index in [1.54, 1.807) is 25.7 Å². The largest absolute Gasteiger partial charge is 0.494 e. The van der Waals surface area contributed by atoms with Crippen LogP contribution in [0, 0.1) is 30.1 Å². The summed E-state index contributed by atoms with van der Waals surface area (Å²) in [5.74, 6) is 2.49. The SMILES string of the molecule is Cc1cc(OCCC(C)C2CCN(c3nc(C(C)C)no3)CC2)ccc1C(NC(=O)OC(C)(C)C)C(=O)N1CCCC1C#N. The molecule has 2 aliphatic heterocycles. The number of amides is 2. The lowest BCUT2D eigenvalue weighted by Gasteiger charge is -2.33. The van der Waals surface area contributed by atoms with Crippen molar-refractivity contribution in [2.24, 2.45) is 11.8 Å². The molecule has 240 valence electrons. The molecule has 2 fully saturated rings. The normalized spacial score (nSPS) is 19.0. The minimum atomic E-state index is -0.970. The van der Waals surface area contributed by atoms with Gasteiger partial charge >= 0.3 is 12.1 Å². The molecule has 2 aromatic rings. The zero-order chi connectivity index (χ0) is 32.0. The number of nitrogens with one attached hydrogen (secondary N) is 1. The molecule has 0 bridgehead atoms. The number of anilines is 1. The number of aromatic nitrogens is 2. The van der Waals surface area contributed by atoms with Crippen molar-refractivity contribution < 1.29 is 23.6 Å². The van der Waals surface area contributed by atoms with E-state index in [0.29, 0.717) is 48.7 Å². The smallest absolute Gasteiger partial charge is 0.408 e. The summed E-state index contributed by atoms with van der Waals surface area (Å²) in [6.45, 7) is 16.5. The van der Waals surface area contributed by atoms with Gasteiger partial charge in [-0.25, -0.2) is 4.79 Å². The number of carbonyl (C=O) groups excluding carboxylic acids is 2. The number of hydrogen-bond donors (Lipinski definition) is 1. The van der Waals surface area contributed by atoms with Crippen molar-refractivity contribution in [3.8, 4) is 11.8 Å². The average molecular weight is 609 g/mol. The summed E-state index contributed by atoms with van der Waals surface area (Å²) in [7, 11) is 0. The Morgan fingerprint density at radius 3 is 2.50 bits per heavy atom. The molecule has 0 spiro atoms. The number of ether oxygens (including phenoxy) is 2. The van der Waals surface area contributed by atoms with E-state index >= 15 is 0 Å². The maximum Gasteiger partial charge on any atom is 0.408 e. The van der Waals surface area contributed by atoms with Crippen molar-refractivity contribution in [3.63, 3.8) is 0 Å². The highest BCUT2D eigenvalue weighted by molar-refractivity contribution is 5.88. The molecular weight excluding hydrogens is 560 g/mol. The van der Waals surface area contributed by atoms with Gasteiger partial charge in [-0.1, -0.05) is 32.0 Å². The average Bonchev–Trinajstić information content (AvgIpc) is 3.65. The van der Waals surface area contributed by atoms with Crippen LogP contribution in [0.2, 0.25) is 0 Å². The summed E-state index contributed by atoms with van der Waals surface area (Å²) in [6.07, 6.45) is 3.76. The fourth-order valence-electron chi connectivity index (χ4n) is 5.94. The fraction of sp³-hybridized carbons (Fsp3) is 0.667. The lowest BCUT2D eigenvalue weighted by molar-refractivity contribution is -0.133. The second-order valence-electron chi connectivity index (χ2n) is 13.4. The minimum Gasteiger partial charge on any atom is -0.494 e. The predicted octanol–water partition coefficient (Wildman–Crippen LogP) is 5.90. The van der Waals surface area contributed by atoms with Gasteiger partial charge in [0.15, 0.2) is 5.82 Å². The molecule has 4 rings (SSSR count). The van der Waals surface area contributed by atoms with E-state index in [-0.39, 0.29) is 11.8 Å². The second kappa shape index (κ2) is 14.3. The Balaban J connectivity index is 1.33. The first-order valence-electron chi connectivity index (χ1n) is 15.9. The van der Waals surface area contributed by atoms with Crippen LogP contribution in [0.5, 0.6) is 5.75 Å². The van der Waals surface area contributed by atoms with Crippen molar-refractivity contribution in [1.82, 2.24) is 20.4 Å². The maximum atomic E-state index is 13.6. The number of piperidine rings is 1. The first-order valence-corrected chi connectivity index (χ1v) is 15.9. The van der Waals surface area contributed by atoms with E-state index in [1.165, 1.54) is 0 Å². The Morgan fingerprint density at radius 1 is 1.16 bits per heavy atom. The third-order valence-corrected chi connectivity index (χ3v) is 8.55. The Bertz CT molecular complexity index is 1320. The van der Waals surface area contributed by atoms with Crippen molar-refractivity contribution >= 4 is 18.0 Å². The Kier molecular flexibility index (Phi) is 10.8. The van der Waals surface area contributed by atoms with Gasteiger partial charge in [-0.05, 0) is 94.9 Å². The fourth-order valence-corrected chi connectivity index (χ4v) is 5.94. The molecule has 44 heavy (non-hydrogen) atoms. The van der Waals surface area contributed by atoms with Crippen LogP contribution in [-0.4, -0.2) is 64.9 Å². The van der Waals surface area contributed by atoms with E-state index < -0.39 is 23.8 Å². The first-order chi connectivity index (χ1) is 20.9. The lowest BCUT2D eigenvalue weighted by Crippen LogP contribution is -2.46. The molecule has 11 nitrogen and oxygen atoms in total. The Hall–Kier alpha value is -3.81. The quantitative estimate of drug-likeness (QED) is 0.350. The van der Waals surface area contributed by atoms with Crippen LogP contribution >= 0.6 is 0 Å². The van der Waals surface area contributed by atoms with Crippen molar-refractivity contribution in [3.05, 3.63) is 35.2 Å². The molecule has 0 radical (unpaired) electrons. The summed E-state index contributed by atoms with van der Waals surface area (Å²) in [5, 5.41) is 16.4. The summed E-state index contributed by atoms with van der Waals surface area (Å²) < 4.78 is 17.1. The van der Waals surface area contributed by atoms with Crippen molar-refractivity contribution in [1.29, 1.82) is 5.26 Å². The molecule has 2 saturated heterocycles. The van der Waals surface area contributed by atoms with Crippen LogP contribution in [0.15, 0.2) is 22.7 Å². The van der Waals surface area contributed by atoms with Crippen LogP contribution in [-0.2, 0) is 9.53 Å². The third-order valence-electron chi connectivity index (χ3n) is 8.55. The van der Waals surface area contributed by atoms with Gasteiger partial charge in [-0.15, -0.1) is 0 Å². The topological polar surface area (TPSA) is 134 Å². The van der Waals surface area contributed by atoms with Crippen molar-refractivity contribution in [2.75, 3.05) is 31.1 Å². The zero-order valence-corrected chi connectivity index (χ0v) is 27.3. The molecule has 1 aromatic heterocycles. The molecule has 0 aliphatic carbocycles. The number of nitriles is 1. The lowest BCUT2D eigenvalue weighted by atomic mass is 9.84. The highest BCUT2D eigenvalue weighted by atomic mass is 16.6. The molecule has 3 atom stereocenters. The van der Waals surface area contributed by atoms with Gasteiger partial charge in [0.05, 0.1) is 12.7 Å². The van der Waals surface area contributed by atoms with Crippen LogP contribution in [0.1, 0.15) is 103 Å². The number of aryl methyl sites for hydroxylation is 1. The zero-order valence-electron chi connectivity index (χ0n) is 27.3. The number of benzene rings is 1. The Morgan fingerprint density at radius 2 is 1.89 bits per heavy atom. The van der Waals surface area contributed by atoms with E-state index in [2.05, 4.69) is 47.2 Å². The second-order valence-corrected chi connectivity index (χ2v) is 13.4. The first kappa shape index (κ1) is 33.1. The molecule has 2 amide bonds. The number of hydrogen-bond acceptors (Lipinski definition) is 9. The van der Waals surface area contributed by atoms with Gasteiger partial charge < -0.3 is 29.1 Å². The standard InChI is InChI=1S/C33H48N6O5/c1-21(2)29-36-31(44-37-29)38-16-12-24(13-17-38)22(3)14-18-42-26-10-11-27(23(4)19-26)28(35-32(41)43-33(5,6)7)30(40)39-15-8-9-25(39)20-34/h10-11,19,21-22,24-25,28H,8-9,12-18H2,1-7H3,(H,35,41). The summed E-state index contributed by atoms with van der Waals surface area (Å²) in [5.41, 5.74) is 0.748. The molecular formula is C33H48N6O5. The number of alkyl carbamates (subject to hydrolysis) is 1. The van der Waals surface area contributed by atoms with Gasteiger partial charge in [-0.2, -0.15) is 10.2 Å². The van der Waals surface area contributed by atoms with E-state index in [4.69, 9.17) is 14.0 Å². The van der Waals surface area contributed by atoms with Gasteiger partial charge in [0.1, 0.15) is 23.4 Å². The van der Waals surface area contributed by atoms with Gasteiger partial charge in [0, 0.05) is 25.6 Å². The number of rotatable bonds is 10. The molecule has 11 heteroatoms. The third kappa shape index (κ3) is 8.42. The number of nitrogens with zero attached hydrogens (tertiary/aromatic N) is 5. The number of carbonyl (C=O) groups is 2. The van der Waals surface area contributed by atoms with E-state index in [9.17, 15) is 14.9 Å².